The number of benzene rings is 1. The standard InChI is InChI=1S/C22H24N2O8/c1-7-8-5-4-6-9(25)11(8)16(26)12-10(7)17(27)14-15(24(2)3)18(28)13(21(23)31)20(30)22(14,32)19(12)29/h4-7,10,13-15,17,25-27,32H,1-3H3,(H2,23,31)/t7-,10+,13-,14-,15-,17+,22+/m1/s1. The van der Waals surface area contributed by atoms with Gasteiger partial charge in [-0.3, -0.25) is 24.1 Å². The monoisotopic (exact) mass is 444 g/mol. The third-order valence-corrected chi connectivity index (χ3v) is 7.13. The van der Waals surface area contributed by atoms with Crippen molar-refractivity contribution in [1.82, 2.24) is 4.90 Å². The molecular weight excluding hydrogens is 420 g/mol. The number of amides is 1. The Hall–Kier alpha value is -3.08. The molecule has 0 bridgehead atoms. The summed E-state index contributed by atoms with van der Waals surface area (Å²) >= 11 is 0. The van der Waals surface area contributed by atoms with E-state index >= 15 is 0 Å². The number of likely N-dealkylation sites (N-methyl/N-ethyl adjacent to an activating group) is 1. The van der Waals surface area contributed by atoms with Crippen LogP contribution < -0.4 is 5.73 Å². The van der Waals surface area contributed by atoms with E-state index in [2.05, 4.69) is 0 Å². The van der Waals surface area contributed by atoms with Crippen molar-refractivity contribution >= 4 is 29.0 Å². The van der Waals surface area contributed by atoms with Gasteiger partial charge in [-0.2, -0.15) is 0 Å². The van der Waals surface area contributed by atoms with E-state index in [9.17, 15) is 39.6 Å². The van der Waals surface area contributed by atoms with Crippen molar-refractivity contribution in [2.24, 2.45) is 23.5 Å². The van der Waals surface area contributed by atoms with E-state index in [0.717, 1.165) is 0 Å². The van der Waals surface area contributed by atoms with Gasteiger partial charge in [0.1, 0.15) is 11.5 Å². The van der Waals surface area contributed by atoms with E-state index in [1.807, 2.05) is 0 Å². The first-order valence-corrected chi connectivity index (χ1v) is 10.1. The molecule has 1 aromatic carbocycles. The van der Waals surface area contributed by atoms with E-state index in [4.69, 9.17) is 5.73 Å². The number of Topliss-reactive ketones (excluding diaryl/α,β-unsaturated/α-hetero) is 3. The number of phenols is 1. The van der Waals surface area contributed by atoms with Gasteiger partial charge in [-0.05, 0) is 31.6 Å². The lowest BCUT2D eigenvalue weighted by Gasteiger charge is -2.54. The minimum absolute atomic E-state index is 0.0382. The Labute approximate surface area is 182 Å². The Bertz CT molecular complexity index is 1110. The SMILES string of the molecule is C[C@@H]1c2cccc(O)c2C(O)=C2C(=O)[C@]3(O)C(=O)[C@H](C(N)=O)C(=O)[C@H](N(C)C)[C@@H]3[C@@H](O)[C@H]21. The molecule has 170 valence electrons. The zero-order valence-electron chi connectivity index (χ0n) is 17.6. The fraction of sp³-hybridized carbons (Fsp3) is 0.455. The number of nitrogens with zero attached hydrogens (tertiary/aromatic N) is 1. The Morgan fingerprint density at radius 2 is 1.78 bits per heavy atom. The Morgan fingerprint density at radius 3 is 2.34 bits per heavy atom. The summed E-state index contributed by atoms with van der Waals surface area (Å²) in [7, 11) is 2.91. The Morgan fingerprint density at radius 1 is 1.16 bits per heavy atom. The zero-order chi connectivity index (χ0) is 23.9. The van der Waals surface area contributed by atoms with Crippen molar-refractivity contribution in [3.63, 3.8) is 0 Å². The van der Waals surface area contributed by atoms with Crippen LogP contribution in [-0.2, 0) is 19.2 Å². The van der Waals surface area contributed by atoms with Gasteiger partial charge in [-0.15, -0.1) is 0 Å². The minimum atomic E-state index is -2.97. The molecule has 32 heavy (non-hydrogen) atoms. The lowest BCUT2D eigenvalue weighted by Crippen LogP contribution is -2.75. The van der Waals surface area contributed by atoms with Crippen molar-refractivity contribution in [1.29, 1.82) is 0 Å². The van der Waals surface area contributed by atoms with Gasteiger partial charge in [-0.25, -0.2) is 0 Å². The summed E-state index contributed by atoms with van der Waals surface area (Å²) in [5.41, 5.74) is 2.28. The molecule has 1 aromatic rings. The van der Waals surface area contributed by atoms with Crippen LogP contribution in [0, 0.1) is 17.8 Å². The summed E-state index contributed by atoms with van der Waals surface area (Å²) < 4.78 is 0. The van der Waals surface area contributed by atoms with Gasteiger partial charge in [-0.1, -0.05) is 19.1 Å². The van der Waals surface area contributed by atoms with E-state index in [0.29, 0.717) is 5.56 Å². The normalized spacial score (nSPS) is 36.6. The maximum atomic E-state index is 13.6. The summed E-state index contributed by atoms with van der Waals surface area (Å²) in [5, 5.41) is 44.1. The first-order chi connectivity index (χ1) is 14.9. The van der Waals surface area contributed by atoms with Crippen LogP contribution in [-0.4, -0.2) is 80.4 Å². The molecule has 1 amide bonds. The van der Waals surface area contributed by atoms with Crippen LogP contribution >= 0.6 is 0 Å². The topological polar surface area (TPSA) is 178 Å². The van der Waals surface area contributed by atoms with Crippen LogP contribution in [0.25, 0.3) is 5.76 Å². The summed E-state index contributed by atoms with van der Waals surface area (Å²) in [6, 6.07) is 3.11. The molecule has 6 N–H and O–H groups in total. The molecule has 7 atom stereocenters. The average Bonchev–Trinajstić information content (AvgIpc) is 2.70. The second-order valence-corrected chi connectivity index (χ2v) is 8.94. The summed E-state index contributed by atoms with van der Waals surface area (Å²) in [4.78, 5) is 53.1. The first kappa shape index (κ1) is 22.1. The number of carbonyl (C=O) groups is 4. The van der Waals surface area contributed by atoms with E-state index in [1.54, 1.807) is 19.1 Å². The number of primary amides is 1. The quantitative estimate of drug-likeness (QED) is 0.353. The van der Waals surface area contributed by atoms with Crippen LogP contribution in [0.3, 0.4) is 0 Å². The van der Waals surface area contributed by atoms with Crippen LogP contribution in [0.2, 0.25) is 0 Å². The number of hydrogen-bond acceptors (Lipinski definition) is 9. The van der Waals surface area contributed by atoms with Crippen molar-refractivity contribution in [2.45, 2.75) is 30.6 Å². The molecule has 0 spiro atoms. The molecule has 0 radical (unpaired) electrons. The number of phenolic OH excluding ortho intramolecular Hbond substituents is 1. The summed E-state index contributed by atoms with van der Waals surface area (Å²) in [6.07, 6.45) is -1.62. The molecule has 10 heteroatoms. The van der Waals surface area contributed by atoms with E-state index in [-0.39, 0.29) is 11.3 Å². The van der Waals surface area contributed by atoms with Crippen molar-refractivity contribution in [2.75, 3.05) is 14.1 Å². The molecule has 2 saturated carbocycles. The number of rotatable bonds is 2. The molecule has 0 heterocycles. The van der Waals surface area contributed by atoms with Gasteiger partial charge in [0, 0.05) is 11.5 Å². The minimum Gasteiger partial charge on any atom is -0.507 e. The number of aliphatic hydroxyl groups excluding tert-OH is 2. The van der Waals surface area contributed by atoms with E-state index < -0.39 is 76.0 Å². The second kappa shape index (κ2) is 6.96. The number of carbonyl (C=O) groups excluding carboxylic acids is 4. The lowest BCUT2D eigenvalue weighted by molar-refractivity contribution is -0.187. The van der Waals surface area contributed by atoms with Crippen LogP contribution in [0.4, 0.5) is 0 Å². The van der Waals surface area contributed by atoms with Crippen LogP contribution in [0.5, 0.6) is 5.75 Å². The van der Waals surface area contributed by atoms with Gasteiger partial charge < -0.3 is 26.2 Å². The number of hydrogen-bond donors (Lipinski definition) is 5. The summed E-state index contributed by atoms with van der Waals surface area (Å²) in [5.74, 6) is -11.2. The van der Waals surface area contributed by atoms with Gasteiger partial charge in [0.05, 0.1) is 23.6 Å². The molecule has 0 aliphatic heterocycles. The zero-order valence-corrected chi connectivity index (χ0v) is 17.6. The number of aliphatic hydroxyl groups is 3. The number of ketones is 3. The fourth-order valence-electron chi connectivity index (χ4n) is 5.72. The molecule has 10 nitrogen and oxygen atoms in total. The predicted octanol–water partition coefficient (Wildman–Crippen LogP) is -1.13. The molecule has 2 fully saturated rings. The Kier molecular flexibility index (Phi) is 4.81. The average molecular weight is 444 g/mol. The van der Waals surface area contributed by atoms with E-state index in [1.165, 1.54) is 25.1 Å². The maximum Gasteiger partial charge on any atom is 0.235 e. The molecule has 3 aliphatic carbocycles. The number of aromatic hydroxyl groups is 1. The van der Waals surface area contributed by atoms with Crippen molar-refractivity contribution < 1.29 is 39.6 Å². The largest absolute Gasteiger partial charge is 0.507 e. The first-order valence-electron chi connectivity index (χ1n) is 10.1. The van der Waals surface area contributed by atoms with Crippen molar-refractivity contribution in [3.05, 3.63) is 34.9 Å². The second-order valence-electron chi connectivity index (χ2n) is 8.94. The molecule has 3 aliphatic rings. The van der Waals surface area contributed by atoms with Gasteiger partial charge in [0.25, 0.3) is 0 Å². The molecular formula is C22H24N2O8. The lowest BCUT2D eigenvalue weighted by atomic mass is 9.52. The third-order valence-electron chi connectivity index (χ3n) is 7.13. The maximum absolute atomic E-state index is 13.6. The predicted molar refractivity (Wildman–Crippen MR) is 109 cm³/mol. The molecule has 4 rings (SSSR count). The molecule has 0 saturated heterocycles. The van der Waals surface area contributed by atoms with Crippen LogP contribution in [0.15, 0.2) is 23.8 Å². The third kappa shape index (κ3) is 2.51. The molecule has 0 unspecified atom stereocenters. The number of fused-ring (bicyclic) bond motifs is 3. The molecule has 0 aromatic heterocycles. The Balaban J connectivity index is 2.02. The summed E-state index contributed by atoms with van der Waals surface area (Å²) in [6.45, 7) is 1.67. The highest BCUT2D eigenvalue weighted by molar-refractivity contribution is 6.32. The highest BCUT2D eigenvalue weighted by Crippen LogP contribution is 2.55. The van der Waals surface area contributed by atoms with Gasteiger partial charge >= 0.3 is 0 Å². The fourth-order valence-corrected chi connectivity index (χ4v) is 5.72. The smallest absolute Gasteiger partial charge is 0.235 e. The highest BCUT2D eigenvalue weighted by atomic mass is 16.3. The highest BCUT2D eigenvalue weighted by Gasteiger charge is 2.71. The number of nitrogens with two attached hydrogens (primary N) is 1. The van der Waals surface area contributed by atoms with Crippen LogP contribution in [0.1, 0.15) is 24.0 Å². The van der Waals surface area contributed by atoms with Crippen molar-refractivity contribution in [3.8, 4) is 5.75 Å². The van der Waals surface area contributed by atoms with Gasteiger partial charge in [0.15, 0.2) is 23.1 Å². The van der Waals surface area contributed by atoms with Gasteiger partial charge in [0.2, 0.25) is 11.7 Å².